The topological polar surface area (TPSA) is 34.9 Å². The minimum absolute atomic E-state index is 0.0762. The van der Waals surface area contributed by atoms with E-state index >= 15 is 0 Å². The zero-order valence-electron chi connectivity index (χ0n) is 21.5. The van der Waals surface area contributed by atoms with Crippen molar-refractivity contribution in [3.8, 4) is 27.9 Å². The molecule has 0 saturated heterocycles. The Morgan fingerprint density at radius 2 is 1.64 bits per heavy atom. The van der Waals surface area contributed by atoms with E-state index in [-0.39, 0.29) is 5.56 Å². The highest BCUT2D eigenvalue weighted by molar-refractivity contribution is 7.18. The second-order valence-corrected chi connectivity index (χ2v) is 10.1. The van der Waals surface area contributed by atoms with E-state index in [0.717, 1.165) is 49.2 Å². The van der Waals surface area contributed by atoms with Crippen LogP contribution in [0.5, 0.6) is 0 Å². The van der Waals surface area contributed by atoms with E-state index in [1.807, 2.05) is 61.5 Å². The molecule has 39 heavy (non-hydrogen) atoms. The Kier molecular flexibility index (Phi) is 6.62. The summed E-state index contributed by atoms with van der Waals surface area (Å²) in [5.74, 6) is 0. The Morgan fingerprint density at radius 1 is 0.897 bits per heavy atom. The lowest BCUT2D eigenvalue weighted by Crippen LogP contribution is -2.20. The fourth-order valence-corrected chi connectivity index (χ4v) is 6.15. The van der Waals surface area contributed by atoms with E-state index in [1.165, 1.54) is 0 Å². The maximum absolute atomic E-state index is 14.5. The third-order valence-corrected chi connectivity index (χ3v) is 7.81. The van der Waals surface area contributed by atoms with E-state index in [2.05, 4.69) is 66.6 Å². The van der Waals surface area contributed by atoms with Crippen molar-refractivity contribution >= 4 is 38.0 Å². The summed E-state index contributed by atoms with van der Waals surface area (Å²) in [5.41, 5.74) is 7.41. The molecule has 0 aliphatic heterocycles. The molecule has 4 heteroatoms. The number of benzene rings is 3. The fraction of sp³-hybridized carbons (Fsp3) is 0.0286. The third kappa shape index (κ3) is 4.45. The lowest BCUT2D eigenvalue weighted by Gasteiger charge is -2.15. The largest absolute Gasteiger partial charge is 0.268 e. The molecule has 6 aromatic rings. The van der Waals surface area contributed by atoms with Gasteiger partial charge in [0.1, 0.15) is 5.65 Å². The molecule has 0 aliphatic carbocycles. The Bertz CT molecular complexity index is 1940. The van der Waals surface area contributed by atoms with E-state index in [0.29, 0.717) is 11.0 Å². The van der Waals surface area contributed by atoms with Crippen LogP contribution in [0.2, 0.25) is 0 Å². The molecule has 3 nitrogen and oxygen atoms in total. The minimum Gasteiger partial charge on any atom is -0.268 e. The van der Waals surface area contributed by atoms with Crippen LogP contribution >= 0.6 is 11.3 Å². The van der Waals surface area contributed by atoms with Crippen LogP contribution in [0, 0.1) is 0 Å². The Morgan fingerprint density at radius 3 is 2.36 bits per heavy atom. The molecule has 0 fully saturated rings. The molecule has 0 unspecified atom stereocenters. The first-order valence-electron chi connectivity index (χ1n) is 12.8. The lowest BCUT2D eigenvalue weighted by molar-refractivity contribution is 1.03. The molecule has 6 rings (SSSR count). The molecular formula is C35H26N2OS. The number of thiophene rings is 1. The molecule has 0 saturated carbocycles. The number of aromatic nitrogens is 2. The zero-order chi connectivity index (χ0) is 26.8. The zero-order valence-corrected chi connectivity index (χ0v) is 22.4. The quantitative estimate of drug-likeness (QED) is 0.205. The van der Waals surface area contributed by atoms with Crippen LogP contribution in [-0.4, -0.2) is 9.55 Å². The van der Waals surface area contributed by atoms with Crippen LogP contribution in [0.1, 0.15) is 12.5 Å². The summed E-state index contributed by atoms with van der Waals surface area (Å²) in [4.78, 5) is 19.2. The molecule has 3 heterocycles. The number of pyridine rings is 2. The number of allylic oxidation sites excluding steroid dienone is 5. The monoisotopic (exact) mass is 522 g/mol. The molecule has 0 bridgehead atoms. The van der Waals surface area contributed by atoms with E-state index < -0.39 is 0 Å². The maximum atomic E-state index is 14.5. The Labute approximate surface area is 231 Å². The van der Waals surface area contributed by atoms with Gasteiger partial charge in [0.2, 0.25) is 0 Å². The first-order chi connectivity index (χ1) is 19.2. The standard InChI is InChI=1S/C35H26N2OS/c1-3-12-24(13-4-2)27-20-28(25-14-7-5-8-15-25)22-29(21-27)37-34-30(18-11-19-36-34)33-32(35(37)38)31(23-39-33)26-16-9-6-10-17-26/h3-23H,1H2,2H3/b13-4-,24-12+. The molecule has 3 aromatic carbocycles. The van der Waals surface area contributed by atoms with Crippen LogP contribution in [0.4, 0.5) is 0 Å². The second-order valence-electron chi connectivity index (χ2n) is 9.23. The van der Waals surface area contributed by atoms with Gasteiger partial charge in [-0.05, 0) is 65.1 Å². The summed E-state index contributed by atoms with van der Waals surface area (Å²) in [7, 11) is 0. The summed E-state index contributed by atoms with van der Waals surface area (Å²) in [6, 6.07) is 30.6. The summed E-state index contributed by atoms with van der Waals surface area (Å²) in [6.07, 6.45) is 9.60. The van der Waals surface area contributed by atoms with Gasteiger partial charge in [0.25, 0.3) is 5.56 Å². The van der Waals surface area contributed by atoms with Gasteiger partial charge in [-0.15, -0.1) is 11.3 Å². The highest BCUT2D eigenvalue weighted by Crippen LogP contribution is 2.37. The molecule has 0 amide bonds. The van der Waals surface area contributed by atoms with E-state index in [4.69, 9.17) is 4.98 Å². The van der Waals surface area contributed by atoms with Crippen LogP contribution in [-0.2, 0) is 0 Å². The van der Waals surface area contributed by atoms with Crippen molar-refractivity contribution in [1.29, 1.82) is 0 Å². The van der Waals surface area contributed by atoms with Crippen molar-refractivity contribution in [3.05, 3.63) is 149 Å². The van der Waals surface area contributed by atoms with Gasteiger partial charge in [-0.2, -0.15) is 0 Å². The predicted molar refractivity (Wildman–Crippen MR) is 167 cm³/mol. The van der Waals surface area contributed by atoms with E-state index in [9.17, 15) is 4.79 Å². The summed E-state index contributed by atoms with van der Waals surface area (Å²) in [6.45, 7) is 5.91. The highest BCUT2D eigenvalue weighted by Gasteiger charge is 2.19. The van der Waals surface area contributed by atoms with Crippen LogP contribution in [0.3, 0.4) is 0 Å². The van der Waals surface area contributed by atoms with Gasteiger partial charge in [0.05, 0.1) is 15.8 Å². The molecule has 3 aromatic heterocycles. The van der Waals surface area contributed by atoms with Gasteiger partial charge in [-0.25, -0.2) is 4.98 Å². The smallest absolute Gasteiger partial charge is 0.266 e. The lowest BCUT2D eigenvalue weighted by atomic mass is 9.97. The number of fused-ring (bicyclic) bond motifs is 3. The number of nitrogens with zero attached hydrogens (tertiary/aromatic N) is 2. The molecule has 0 N–H and O–H groups in total. The maximum Gasteiger partial charge on any atom is 0.266 e. The van der Waals surface area contributed by atoms with Crippen molar-refractivity contribution in [1.82, 2.24) is 9.55 Å². The molecule has 0 spiro atoms. The third-order valence-electron chi connectivity index (χ3n) is 6.80. The van der Waals surface area contributed by atoms with Crippen molar-refractivity contribution in [2.45, 2.75) is 6.92 Å². The van der Waals surface area contributed by atoms with Gasteiger partial charge < -0.3 is 0 Å². The normalized spacial score (nSPS) is 12.0. The van der Waals surface area contributed by atoms with Gasteiger partial charge >= 0.3 is 0 Å². The molecule has 0 atom stereocenters. The highest BCUT2D eigenvalue weighted by atomic mass is 32.1. The molecule has 188 valence electrons. The van der Waals surface area contributed by atoms with Crippen molar-refractivity contribution in [2.75, 3.05) is 0 Å². The second kappa shape index (κ2) is 10.5. The van der Waals surface area contributed by atoms with Crippen LogP contribution in [0.25, 0.3) is 54.6 Å². The average molecular weight is 523 g/mol. The SMILES string of the molecule is C=C/C=C(\C=C/C)c1cc(-c2ccccc2)cc(-n2c(=O)c3c(-c4ccccc4)csc3c3cccnc32)c1. The summed E-state index contributed by atoms with van der Waals surface area (Å²) in [5, 5.41) is 3.76. The summed E-state index contributed by atoms with van der Waals surface area (Å²) >= 11 is 1.59. The van der Waals surface area contributed by atoms with Gasteiger partial charge in [0, 0.05) is 22.5 Å². The van der Waals surface area contributed by atoms with Crippen LogP contribution in [0.15, 0.2) is 138 Å². The average Bonchev–Trinajstić information content (AvgIpc) is 3.44. The predicted octanol–water partition coefficient (Wildman–Crippen LogP) is 9.08. The van der Waals surface area contributed by atoms with Gasteiger partial charge in [0.15, 0.2) is 0 Å². The van der Waals surface area contributed by atoms with Gasteiger partial charge in [-0.3, -0.25) is 9.36 Å². The molecule has 0 aliphatic rings. The number of hydrogen-bond acceptors (Lipinski definition) is 3. The van der Waals surface area contributed by atoms with Crippen molar-refractivity contribution in [3.63, 3.8) is 0 Å². The Balaban J connectivity index is 1.72. The molecular weight excluding hydrogens is 496 g/mol. The fourth-order valence-electron chi connectivity index (χ4n) is 5.06. The van der Waals surface area contributed by atoms with Gasteiger partial charge in [-0.1, -0.05) is 91.5 Å². The Hall–Kier alpha value is -4.80. The van der Waals surface area contributed by atoms with Crippen molar-refractivity contribution < 1.29 is 0 Å². The number of rotatable bonds is 6. The molecule has 0 radical (unpaired) electrons. The van der Waals surface area contributed by atoms with Crippen LogP contribution < -0.4 is 5.56 Å². The summed E-state index contributed by atoms with van der Waals surface area (Å²) < 4.78 is 2.73. The first-order valence-corrected chi connectivity index (χ1v) is 13.7. The van der Waals surface area contributed by atoms with Crippen molar-refractivity contribution in [2.24, 2.45) is 0 Å². The van der Waals surface area contributed by atoms with E-state index in [1.54, 1.807) is 28.2 Å². The minimum atomic E-state index is -0.0762. The number of hydrogen-bond donors (Lipinski definition) is 0. The first kappa shape index (κ1) is 24.5.